The van der Waals surface area contributed by atoms with Crippen LogP contribution >= 0.6 is 0 Å². The van der Waals surface area contributed by atoms with Crippen LogP contribution < -0.4 is 0 Å². The van der Waals surface area contributed by atoms with E-state index in [9.17, 15) is 9.59 Å². The van der Waals surface area contributed by atoms with E-state index < -0.39 is 5.97 Å². The summed E-state index contributed by atoms with van der Waals surface area (Å²) in [5, 5.41) is 4.85. The molecule has 0 unspecified atom stereocenters. The molecule has 0 saturated carbocycles. The molecule has 0 amide bonds. The molecule has 110 valence electrons. The lowest BCUT2D eigenvalue weighted by Gasteiger charge is -2.05. The second kappa shape index (κ2) is 5.81. The summed E-state index contributed by atoms with van der Waals surface area (Å²) in [5.74, 6) is -0.479. The van der Waals surface area contributed by atoms with Crippen LogP contribution in [0.4, 0.5) is 0 Å². The number of methoxy groups -OCH3 is 1. The molecule has 2 aromatic carbocycles. The zero-order valence-electron chi connectivity index (χ0n) is 12.0. The zero-order chi connectivity index (χ0) is 15.5. The normalized spacial score (nSPS) is 10.6. The Bertz CT molecular complexity index is 838. The number of aromatic nitrogens is 2. The second-order valence-electron chi connectivity index (χ2n) is 4.84. The highest BCUT2D eigenvalue weighted by atomic mass is 16.5. The SMILES string of the molecule is COC(=O)c1cccc2c1c(C=O)nn2Cc1ccccc1. The smallest absolute Gasteiger partial charge is 0.338 e. The van der Waals surface area contributed by atoms with Gasteiger partial charge in [-0.2, -0.15) is 5.10 Å². The molecule has 0 spiro atoms. The monoisotopic (exact) mass is 294 g/mol. The molecule has 0 aliphatic carbocycles. The Balaban J connectivity index is 2.17. The molecule has 5 nitrogen and oxygen atoms in total. The molecule has 3 rings (SSSR count). The van der Waals surface area contributed by atoms with E-state index in [2.05, 4.69) is 5.10 Å². The van der Waals surface area contributed by atoms with Crippen LogP contribution in [0.15, 0.2) is 48.5 Å². The molecule has 0 atom stereocenters. The highest BCUT2D eigenvalue weighted by Gasteiger charge is 2.18. The van der Waals surface area contributed by atoms with Crippen LogP contribution in [0.2, 0.25) is 0 Å². The molecule has 0 fully saturated rings. The maximum absolute atomic E-state index is 11.9. The van der Waals surface area contributed by atoms with Gasteiger partial charge in [0, 0.05) is 5.39 Å². The van der Waals surface area contributed by atoms with Gasteiger partial charge >= 0.3 is 5.97 Å². The molecule has 0 bridgehead atoms. The summed E-state index contributed by atoms with van der Waals surface area (Å²) in [6.45, 7) is 0.524. The minimum Gasteiger partial charge on any atom is -0.465 e. The van der Waals surface area contributed by atoms with Gasteiger partial charge in [0.25, 0.3) is 0 Å². The Morgan fingerprint density at radius 3 is 2.64 bits per heavy atom. The first-order valence-electron chi connectivity index (χ1n) is 6.81. The standard InChI is InChI=1S/C17H14N2O3/c1-22-17(21)13-8-5-9-15-16(13)14(11-20)18-19(15)10-12-6-3-2-4-7-12/h2-9,11H,10H2,1H3. The molecule has 0 radical (unpaired) electrons. The lowest BCUT2D eigenvalue weighted by atomic mass is 10.1. The highest BCUT2D eigenvalue weighted by molar-refractivity contribution is 6.09. The fraction of sp³-hybridized carbons (Fsp3) is 0.118. The first-order chi connectivity index (χ1) is 10.7. The topological polar surface area (TPSA) is 61.2 Å². The maximum atomic E-state index is 11.9. The molecule has 1 aromatic heterocycles. The van der Waals surface area contributed by atoms with Gasteiger partial charge in [0.1, 0.15) is 5.69 Å². The van der Waals surface area contributed by atoms with Gasteiger partial charge in [0.15, 0.2) is 6.29 Å². The fourth-order valence-electron chi connectivity index (χ4n) is 2.50. The van der Waals surface area contributed by atoms with E-state index in [0.29, 0.717) is 23.8 Å². The van der Waals surface area contributed by atoms with E-state index in [0.717, 1.165) is 11.1 Å². The molecular weight excluding hydrogens is 280 g/mol. The number of rotatable bonds is 4. The van der Waals surface area contributed by atoms with Gasteiger partial charge in [-0.15, -0.1) is 0 Å². The number of carbonyl (C=O) groups is 2. The fourth-order valence-corrected chi connectivity index (χ4v) is 2.50. The van der Waals surface area contributed by atoms with Crippen LogP contribution in [-0.2, 0) is 11.3 Å². The first-order valence-corrected chi connectivity index (χ1v) is 6.81. The van der Waals surface area contributed by atoms with Crippen LogP contribution in [0.1, 0.15) is 26.4 Å². The lowest BCUT2D eigenvalue weighted by molar-refractivity contribution is 0.0603. The van der Waals surface area contributed by atoms with Gasteiger partial charge in [-0.1, -0.05) is 36.4 Å². The largest absolute Gasteiger partial charge is 0.465 e. The minimum atomic E-state index is -0.479. The molecule has 22 heavy (non-hydrogen) atoms. The maximum Gasteiger partial charge on any atom is 0.338 e. The Morgan fingerprint density at radius 1 is 1.18 bits per heavy atom. The Kier molecular flexibility index (Phi) is 3.70. The number of benzene rings is 2. The summed E-state index contributed by atoms with van der Waals surface area (Å²) < 4.78 is 6.50. The summed E-state index contributed by atoms with van der Waals surface area (Å²) in [6, 6.07) is 15.0. The van der Waals surface area contributed by atoms with Crippen LogP contribution in [0.3, 0.4) is 0 Å². The summed E-state index contributed by atoms with van der Waals surface area (Å²) in [6.07, 6.45) is 0.663. The van der Waals surface area contributed by atoms with Gasteiger partial charge in [-0.25, -0.2) is 4.79 Å². The predicted molar refractivity (Wildman–Crippen MR) is 82.0 cm³/mol. The summed E-state index contributed by atoms with van der Waals surface area (Å²) in [7, 11) is 1.32. The van der Waals surface area contributed by atoms with Crippen molar-refractivity contribution in [1.29, 1.82) is 0 Å². The van der Waals surface area contributed by atoms with Crippen molar-refractivity contribution in [1.82, 2.24) is 9.78 Å². The molecule has 5 heteroatoms. The third-order valence-corrected chi connectivity index (χ3v) is 3.50. The number of aldehydes is 1. The number of hydrogen-bond donors (Lipinski definition) is 0. The molecule has 0 aliphatic heterocycles. The number of fused-ring (bicyclic) bond motifs is 1. The Labute approximate surface area is 127 Å². The highest BCUT2D eigenvalue weighted by Crippen LogP contribution is 2.23. The quantitative estimate of drug-likeness (QED) is 0.548. The Morgan fingerprint density at radius 2 is 1.95 bits per heavy atom. The van der Waals surface area contributed by atoms with Gasteiger partial charge in [0.05, 0.1) is 24.7 Å². The number of nitrogens with zero attached hydrogens (tertiary/aromatic N) is 2. The van der Waals surface area contributed by atoms with Gasteiger partial charge in [-0.05, 0) is 17.7 Å². The first kappa shape index (κ1) is 14.0. The van der Waals surface area contributed by atoms with Crippen molar-refractivity contribution in [3.05, 3.63) is 65.4 Å². The molecule has 3 aromatic rings. The third-order valence-electron chi connectivity index (χ3n) is 3.50. The zero-order valence-corrected chi connectivity index (χ0v) is 12.0. The number of ether oxygens (including phenoxy) is 1. The van der Waals surface area contributed by atoms with Crippen LogP contribution in [0.25, 0.3) is 10.9 Å². The van der Waals surface area contributed by atoms with Gasteiger partial charge in [0.2, 0.25) is 0 Å². The van der Waals surface area contributed by atoms with Gasteiger partial charge < -0.3 is 4.74 Å². The van der Waals surface area contributed by atoms with Crippen molar-refractivity contribution in [2.45, 2.75) is 6.54 Å². The van der Waals surface area contributed by atoms with E-state index in [-0.39, 0.29) is 5.69 Å². The second-order valence-corrected chi connectivity index (χ2v) is 4.84. The number of hydrogen-bond acceptors (Lipinski definition) is 4. The van der Waals surface area contributed by atoms with Crippen LogP contribution in [0.5, 0.6) is 0 Å². The third kappa shape index (κ3) is 2.37. The molecular formula is C17H14N2O3. The molecule has 0 aliphatic rings. The lowest BCUT2D eigenvalue weighted by Crippen LogP contribution is -2.03. The van der Waals surface area contributed by atoms with Crippen molar-refractivity contribution < 1.29 is 14.3 Å². The van der Waals surface area contributed by atoms with Crippen molar-refractivity contribution in [3.8, 4) is 0 Å². The molecule has 1 heterocycles. The van der Waals surface area contributed by atoms with Crippen molar-refractivity contribution in [3.63, 3.8) is 0 Å². The predicted octanol–water partition coefficient (Wildman–Crippen LogP) is 2.68. The Hall–Kier alpha value is -2.95. The molecule has 0 N–H and O–H groups in total. The number of esters is 1. The average molecular weight is 294 g/mol. The minimum absolute atomic E-state index is 0.243. The van der Waals surface area contributed by atoms with Crippen molar-refractivity contribution in [2.24, 2.45) is 0 Å². The van der Waals surface area contributed by atoms with E-state index in [1.54, 1.807) is 16.8 Å². The van der Waals surface area contributed by atoms with Crippen molar-refractivity contribution in [2.75, 3.05) is 7.11 Å². The van der Waals surface area contributed by atoms with E-state index in [4.69, 9.17) is 4.74 Å². The number of carbonyl (C=O) groups excluding carboxylic acids is 2. The van der Waals surface area contributed by atoms with E-state index in [1.807, 2.05) is 36.4 Å². The van der Waals surface area contributed by atoms with Crippen LogP contribution in [0, 0.1) is 0 Å². The van der Waals surface area contributed by atoms with Crippen molar-refractivity contribution >= 4 is 23.2 Å². The van der Waals surface area contributed by atoms with E-state index >= 15 is 0 Å². The van der Waals surface area contributed by atoms with Gasteiger partial charge in [-0.3, -0.25) is 9.48 Å². The summed E-state index contributed by atoms with van der Waals surface area (Å²) in [5.41, 5.74) is 2.38. The summed E-state index contributed by atoms with van der Waals surface area (Å²) in [4.78, 5) is 23.2. The molecule has 0 saturated heterocycles. The van der Waals surface area contributed by atoms with Crippen LogP contribution in [-0.4, -0.2) is 29.1 Å². The summed E-state index contributed by atoms with van der Waals surface area (Å²) >= 11 is 0. The van der Waals surface area contributed by atoms with E-state index in [1.165, 1.54) is 7.11 Å². The average Bonchev–Trinajstić information content (AvgIpc) is 2.93.